The quantitative estimate of drug-likeness (QED) is 0.894. The zero-order valence-electron chi connectivity index (χ0n) is 12.0. The van der Waals surface area contributed by atoms with Crippen molar-refractivity contribution >= 4 is 11.8 Å². The second-order valence-electron chi connectivity index (χ2n) is 6.21. The standard InChI is InChI=1S/C15H20N4O2/c16-14(21)15(7-11-1-2-11)3-5-19(6-4-15)13(20)12-8-17-10-18-9-12/h8-11H,1-7H2,(H2,16,21). The Labute approximate surface area is 123 Å². The summed E-state index contributed by atoms with van der Waals surface area (Å²) in [6.07, 6.45) is 9.08. The van der Waals surface area contributed by atoms with Crippen LogP contribution in [-0.2, 0) is 4.79 Å². The monoisotopic (exact) mass is 288 g/mol. The molecule has 0 bridgehead atoms. The van der Waals surface area contributed by atoms with E-state index >= 15 is 0 Å². The molecule has 0 atom stereocenters. The molecule has 1 saturated carbocycles. The Morgan fingerprint density at radius 2 is 1.86 bits per heavy atom. The average Bonchev–Trinajstić information content (AvgIpc) is 3.32. The highest BCUT2D eigenvalue weighted by molar-refractivity contribution is 5.93. The van der Waals surface area contributed by atoms with Crippen molar-refractivity contribution in [3.63, 3.8) is 0 Å². The Kier molecular flexibility index (Phi) is 3.61. The first-order valence-corrected chi connectivity index (χ1v) is 7.45. The minimum absolute atomic E-state index is 0.0694. The maximum Gasteiger partial charge on any atom is 0.256 e. The van der Waals surface area contributed by atoms with Gasteiger partial charge in [0.05, 0.1) is 11.0 Å². The normalized spacial score (nSPS) is 21.0. The summed E-state index contributed by atoms with van der Waals surface area (Å²) in [6.45, 7) is 1.15. The fourth-order valence-electron chi connectivity index (χ4n) is 3.16. The van der Waals surface area contributed by atoms with Gasteiger partial charge in [-0.1, -0.05) is 12.8 Å². The van der Waals surface area contributed by atoms with E-state index in [9.17, 15) is 9.59 Å². The lowest BCUT2D eigenvalue weighted by molar-refractivity contribution is -0.131. The van der Waals surface area contributed by atoms with Gasteiger partial charge >= 0.3 is 0 Å². The molecule has 0 aromatic carbocycles. The van der Waals surface area contributed by atoms with Gasteiger partial charge in [0.1, 0.15) is 6.33 Å². The molecule has 0 spiro atoms. The minimum Gasteiger partial charge on any atom is -0.369 e. The van der Waals surface area contributed by atoms with Crippen LogP contribution in [0.25, 0.3) is 0 Å². The zero-order chi connectivity index (χ0) is 14.9. The molecule has 1 aromatic heterocycles. The van der Waals surface area contributed by atoms with Gasteiger partial charge < -0.3 is 10.6 Å². The van der Waals surface area contributed by atoms with Crippen LogP contribution in [0.3, 0.4) is 0 Å². The summed E-state index contributed by atoms with van der Waals surface area (Å²) in [7, 11) is 0. The van der Waals surface area contributed by atoms with E-state index in [0.717, 1.165) is 6.42 Å². The number of nitrogens with two attached hydrogens (primary N) is 1. The molecule has 0 unspecified atom stereocenters. The summed E-state index contributed by atoms with van der Waals surface area (Å²) in [5.41, 5.74) is 5.73. The molecule has 21 heavy (non-hydrogen) atoms. The summed E-state index contributed by atoms with van der Waals surface area (Å²) < 4.78 is 0. The first-order valence-electron chi connectivity index (χ1n) is 7.45. The van der Waals surface area contributed by atoms with E-state index in [1.165, 1.54) is 31.6 Å². The van der Waals surface area contributed by atoms with Gasteiger partial charge in [-0.15, -0.1) is 0 Å². The van der Waals surface area contributed by atoms with Gasteiger partial charge in [-0.05, 0) is 25.2 Å². The number of amides is 2. The molecule has 6 heteroatoms. The van der Waals surface area contributed by atoms with Gasteiger partial charge in [-0.25, -0.2) is 9.97 Å². The molecular formula is C15H20N4O2. The lowest BCUT2D eigenvalue weighted by Gasteiger charge is -2.39. The number of hydrogen-bond donors (Lipinski definition) is 1. The van der Waals surface area contributed by atoms with Crippen molar-refractivity contribution in [2.45, 2.75) is 32.1 Å². The third-order valence-electron chi connectivity index (χ3n) is 4.71. The van der Waals surface area contributed by atoms with Gasteiger partial charge in [0.25, 0.3) is 5.91 Å². The molecular weight excluding hydrogens is 268 g/mol. The first kappa shape index (κ1) is 14.0. The Balaban J connectivity index is 1.66. The predicted octanol–water partition coefficient (Wildman–Crippen LogP) is 0.984. The predicted molar refractivity (Wildman–Crippen MR) is 76.1 cm³/mol. The van der Waals surface area contributed by atoms with Crippen LogP contribution in [0.4, 0.5) is 0 Å². The molecule has 1 aliphatic carbocycles. The van der Waals surface area contributed by atoms with Crippen LogP contribution in [0.5, 0.6) is 0 Å². The molecule has 2 amide bonds. The molecule has 1 aliphatic heterocycles. The van der Waals surface area contributed by atoms with Crippen LogP contribution in [-0.4, -0.2) is 39.8 Å². The van der Waals surface area contributed by atoms with Crippen molar-refractivity contribution in [3.8, 4) is 0 Å². The molecule has 112 valence electrons. The van der Waals surface area contributed by atoms with Crippen molar-refractivity contribution in [2.24, 2.45) is 17.1 Å². The van der Waals surface area contributed by atoms with Crippen LogP contribution in [0.1, 0.15) is 42.5 Å². The minimum atomic E-state index is -0.412. The molecule has 3 rings (SSSR count). The second kappa shape index (κ2) is 5.42. The maximum absolute atomic E-state index is 12.3. The third-order valence-corrected chi connectivity index (χ3v) is 4.71. The van der Waals surface area contributed by atoms with Gasteiger partial charge in [0, 0.05) is 25.5 Å². The summed E-state index contributed by atoms with van der Waals surface area (Å²) in [4.78, 5) is 33.7. The number of likely N-dealkylation sites (tertiary alicyclic amines) is 1. The molecule has 2 aliphatic rings. The summed E-state index contributed by atoms with van der Waals surface area (Å²) >= 11 is 0. The van der Waals surface area contributed by atoms with E-state index in [1.807, 2.05) is 0 Å². The summed E-state index contributed by atoms with van der Waals surface area (Å²) in [6, 6.07) is 0. The highest BCUT2D eigenvalue weighted by Crippen LogP contribution is 2.45. The van der Waals surface area contributed by atoms with Gasteiger partial charge in [-0.3, -0.25) is 9.59 Å². The molecule has 2 N–H and O–H groups in total. The lowest BCUT2D eigenvalue weighted by Crippen LogP contribution is -2.49. The van der Waals surface area contributed by atoms with Crippen LogP contribution in [0.15, 0.2) is 18.7 Å². The Hall–Kier alpha value is -1.98. The lowest BCUT2D eigenvalue weighted by atomic mass is 9.73. The number of piperidine rings is 1. The van der Waals surface area contributed by atoms with Crippen LogP contribution in [0.2, 0.25) is 0 Å². The fourth-order valence-corrected chi connectivity index (χ4v) is 3.16. The highest BCUT2D eigenvalue weighted by atomic mass is 16.2. The largest absolute Gasteiger partial charge is 0.369 e. The van der Waals surface area contributed by atoms with Crippen molar-refractivity contribution in [3.05, 3.63) is 24.3 Å². The number of primary amides is 1. The number of nitrogens with zero attached hydrogens (tertiary/aromatic N) is 3. The molecule has 6 nitrogen and oxygen atoms in total. The van der Waals surface area contributed by atoms with Crippen LogP contribution < -0.4 is 5.73 Å². The highest BCUT2D eigenvalue weighted by Gasteiger charge is 2.44. The van der Waals surface area contributed by atoms with E-state index < -0.39 is 5.41 Å². The Morgan fingerprint density at radius 3 is 2.38 bits per heavy atom. The third kappa shape index (κ3) is 2.89. The van der Waals surface area contributed by atoms with Gasteiger partial charge in [0.2, 0.25) is 5.91 Å². The molecule has 2 heterocycles. The van der Waals surface area contributed by atoms with E-state index in [2.05, 4.69) is 9.97 Å². The van der Waals surface area contributed by atoms with E-state index in [1.54, 1.807) is 4.90 Å². The Bertz CT molecular complexity index is 534. The SMILES string of the molecule is NC(=O)C1(CC2CC2)CCN(C(=O)c2cncnc2)CC1. The van der Waals surface area contributed by atoms with Gasteiger partial charge in [-0.2, -0.15) is 0 Å². The topological polar surface area (TPSA) is 89.2 Å². The van der Waals surface area contributed by atoms with E-state index in [-0.39, 0.29) is 11.8 Å². The van der Waals surface area contributed by atoms with E-state index in [0.29, 0.717) is 37.4 Å². The Morgan fingerprint density at radius 1 is 1.24 bits per heavy atom. The van der Waals surface area contributed by atoms with E-state index in [4.69, 9.17) is 5.73 Å². The van der Waals surface area contributed by atoms with Crippen molar-refractivity contribution in [1.82, 2.24) is 14.9 Å². The summed E-state index contributed by atoms with van der Waals surface area (Å²) in [5.74, 6) is 0.381. The van der Waals surface area contributed by atoms with Crippen molar-refractivity contribution < 1.29 is 9.59 Å². The number of carbonyl (C=O) groups is 2. The van der Waals surface area contributed by atoms with Crippen molar-refractivity contribution in [2.75, 3.05) is 13.1 Å². The number of aromatic nitrogens is 2. The van der Waals surface area contributed by atoms with Crippen LogP contribution >= 0.6 is 0 Å². The zero-order valence-corrected chi connectivity index (χ0v) is 12.0. The fraction of sp³-hybridized carbons (Fsp3) is 0.600. The van der Waals surface area contributed by atoms with Crippen LogP contribution in [0, 0.1) is 11.3 Å². The maximum atomic E-state index is 12.3. The first-order chi connectivity index (χ1) is 10.1. The smallest absolute Gasteiger partial charge is 0.256 e. The van der Waals surface area contributed by atoms with Crippen molar-refractivity contribution in [1.29, 1.82) is 0 Å². The number of rotatable bonds is 4. The molecule has 2 fully saturated rings. The second-order valence-corrected chi connectivity index (χ2v) is 6.21. The molecule has 0 radical (unpaired) electrons. The number of carbonyl (C=O) groups excluding carboxylic acids is 2. The average molecular weight is 288 g/mol. The summed E-state index contributed by atoms with van der Waals surface area (Å²) in [5, 5.41) is 0. The molecule has 1 saturated heterocycles. The van der Waals surface area contributed by atoms with Gasteiger partial charge in [0.15, 0.2) is 0 Å². The molecule has 1 aromatic rings. The number of hydrogen-bond acceptors (Lipinski definition) is 4.